The molecular formula is C18H28N4O3. The highest BCUT2D eigenvalue weighted by Crippen LogP contribution is 2.16. The normalized spacial score (nSPS) is 19.4. The van der Waals surface area contributed by atoms with Crippen LogP contribution in [-0.2, 0) is 4.79 Å². The highest BCUT2D eigenvalue weighted by Gasteiger charge is 2.27. The Morgan fingerprint density at radius 2 is 1.80 bits per heavy atom. The molecule has 1 heterocycles. The second-order valence-corrected chi connectivity index (χ2v) is 6.56. The molecule has 0 bridgehead atoms. The molecule has 0 saturated carbocycles. The van der Waals surface area contributed by atoms with Gasteiger partial charge in [0.15, 0.2) is 0 Å². The lowest BCUT2D eigenvalue weighted by Crippen LogP contribution is -2.56. The van der Waals surface area contributed by atoms with Crippen LogP contribution in [0.15, 0.2) is 24.3 Å². The molecule has 0 aromatic heterocycles. The van der Waals surface area contributed by atoms with Crippen molar-refractivity contribution >= 4 is 23.3 Å². The van der Waals surface area contributed by atoms with Crippen LogP contribution in [0, 0.1) is 0 Å². The van der Waals surface area contributed by atoms with Gasteiger partial charge >= 0.3 is 6.03 Å². The van der Waals surface area contributed by atoms with Crippen LogP contribution in [0.3, 0.4) is 0 Å². The molecule has 1 saturated heterocycles. The molecule has 1 aliphatic heterocycles. The molecule has 3 amide bonds. The summed E-state index contributed by atoms with van der Waals surface area (Å²) in [6.07, 6.45) is 0.0662. The molecule has 2 atom stereocenters. The quantitative estimate of drug-likeness (QED) is 0.759. The Hall–Kier alpha value is -2.12. The van der Waals surface area contributed by atoms with Crippen molar-refractivity contribution in [2.24, 2.45) is 0 Å². The van der Waals surface area contributed by atoms with Crippen molar-refractivity contribution in [1.29, 1.82) is 0 Å². The number of hydrogen-bond donors (Lipinski definition) is 3. The zero-order valence-electron chi connectivity index (χ0n) is 15.2. The Kier molecular flexibility index (Phi) is 6.78. The number of amides is 3. The lowest BCUT2D eigenvalue weighted by Gasteiger charge is -2.40. The van der Waals surface area contributed by atoms with E-state index in [4.69, 9.17) is 0 Å². The van der Waals surface area contributed by atoms with E-state index in [0.717, 1.165) is 13.1 Å². The zero-order valence-corrected chi connectivity index (χ0v) is 15.2. The predicted molar refractivity (Wildman–Crippen MR) is 98.7 cm³/mol. The molecule has 1 aliphatic rings. The first-order valence-electron chi connectivity index (χ1n) is 8.77. The lowest BCUT2D eigenvalue weighted by atomic mass is 10.2. The second kappa shape index (κ2) is 8.82. The van der Waals surface area contributed by atoms with Crippen LogP contribution in [0.4, 0.5) is 16.2 Å². The first-order chi connectivity index (χ1) is 11.9. The lowest BCUT2D eigenvalue weighted by molar-refractivity contribution is -0.115. The Morgan fingerprint density at radius 3 is 2.32 bits per heavy atom. The van der Waals surface area contributed by atoms with Gasteiger partial charge in [0, 0.05) is 50.0 Å². The maximum Gasteiger partial charge on any atom is 0.322 e. The van der Waals surface area contributed by atoms with E-state index in [0.29, 0.717) is 30.9 Å². The smallest absolute Gasteiger partial charge is 0.322 e. The molecular weight excluding hydrogens is 320 g/mol. The number of β-amino-alcohol motifs (C(OH)–C–C–N with tert-alkyl or cyclic N) is 1. The maximum atomic E-state index is 12.5. The first kappa shape index (κ1) is 19.2. The Morgan fingerprint density at radius 1 is 1.20 bits per heavy atom. The number of hydrogen-bond acceptors (Lipinski definition) is 4. The minimum Gasteiger partial charge on any atom is -0.392 e. The fourth-order valence-corrected chi connectivity index (χ4v) is 2.96. The first-order valence-corrected chi connectivity index (χ1v) is 8.77. The third kappa shape index (κ3) is 5.72. The highest BCUT2D eigenvalue weighted by molar-refractivity contribution is 5.92. The van der Waals surface area contributed by atoms with Crippen LogP contribution in [0.5, 0.6) is 0 Å². The second-order valence-electron chi connectivity index (χ2n) is 6.56. The van der Waals surface area contributed by atoms with E-state index in [-0.39, 0.29) is 24.1 Å². The number of rotatable bonds is 5. The summed E-state index contributed by atoms with van der Waals surface area (Å²) in [6.45, 7) is 8.35. The van der Waals surface area contributed by atoms with Crippen molar-refractivity contribution in [2.45, 2.75) is 39.3 Å². The fourth-order valence-electron chi connectivity index (χ4n) is 2.96. The standard InChI is InChI=1S/C18H28N4O3/c1-4-17(24)19-15-5-7-16(8-6-15)20-18(25)22-10-9-21(11-13(22)2)12-14(3)23/h5-8,13-14,23H,4,9-12H2,1-3H3,(H,19,24)(H,20,25)/t13-,14+/m1/s1. The summed E-state index contributed by atoms with van der Waals surface area (Å²) in [5.74, 6) is -0.0410. The van der Waals surface area contributed by atoms with E-state index < -0.39 is 0 Å². The minimum atomic E-state index is -0.362. The largest absolute Gasteiger partial charge is 0.392 e. The molecule has 1 aromatic rings. The SMILES string of the molecule is CCC(=O)Nc1ccc(NC(=O)N2CCN(C[C@H](C)O)C[C@H]2C)cc1. The minimum absolute atomic E-state index is 0.0410. The van der Waals surface area contributed by atoms with Crippen LogP contribution in [0.25, 0.3) is 0 Å². The van der Waals surface area contributed by atoms with Gasteiger partial charge in [-0.25, -0.2) is 4.79 Å². The monoisotopic (exact) mass is 348 g/mol. The van der Waals surface area contributed by atoms with Crippen LogP contribution in [-0.4, -0.2) is 65.2 Å². The van der Waals surface area contributed by atoms with E-state index >= 15 is 0 Å². The average molecular weight is 348 g/mol. The number of carbonyl (C=O) groups is 2. The van der Waals surface area contributed by atoms with Crippen molar-refractivity contribution in [3.05, 3.63) is 24.3 Å². The summed E-state index contributed by atoms with van der Waals surface area (Å²) < 4.78 is 0. The number of aliphatic hydroxyl groups excluding tert-OH is 1. The molecule has 0 spiro atoms. The summed E-state index contributed by atoms with van der Waals surface area (Å²) in [5.41, 5.74) is 1.41. The summed E-state index contributed by atoms with van der Waals surface area (Å²) in [7, 11) is 0. The van der Waals surface area contributed by atoms with Gasteiger partial charge in [-0.1, -0.05) is 6.92 Å². The topological polar surface area (TPSA) is 84.9 Å². The number of nitrogens with one attached hydrogen (secondary N) is 2. The van der Waals surface area contributed by atoms with E-state index in [1.807, 2.05) is 11.8 Å². The Balaban J connectivity index is 1.88. The number of benzene rings is 1. The van der Waals surface area contributed by atoms with Crippen molar-refractivity contribution in [3.63, 3.8) is 0 Å². The van der Waals surface area contributed by atoms with Crippen LogP contribution < -0.4 is 10.6 Å². The van der Waals surface area contributed by atoms with Gasteiger partial charge in [-0.15, -0.1) is 0 Å². The highest BCUT2D eigenvalue weighted by atomic mass is 16.3. The molecule has 0 unspecified atom stereocenters. The van der Waals surface area contributed by atoms with Gasteiger partial charge in [-0.2, -0.15) is 0 Å². The summed E-state index contributed by atoms with van der Waals surface area (Å²) in [6, 6.07) is 7.04. The Labute approximate surface area is 149 Å². The van der Waals surface area contributed by atoms with Crippen molar-refractivity contribution in [2.75, 3.05) is 36.8 Å². The van der Waals surface area contributed by atoms with Crippen molar-refractivity contribution in [3.8, 4) is 0 Å². The van der Waals surface area contributed by atoms with Gasteiger partial charge in [-0.3, -0.25) is 9.69 Å². The van der Waals surface area contributed by atoms with Gasteiger partial charge in [0.1, 0.15) is 0 Å². The zero-order chi connectivity index (χ0) is 18.4. The molecule has 0 aliphatic carbocycles. The van der Waals surface area contributed by atoms with E-state index in [2.05, 4.69) is 15.5 Å². The number of piperazine rings is 1. The fraction of sp³-hybridized carbons (Fsp3) is 0.556. The molecule has 7 nitrogen and oxygen atoms in total. The maximum absolute atomic E-state index is 12.5. The molecule has 1 aromatic carbocycles. The number of nitrogens with zero attached hydrogens (tertiary/aromatic N) is 2. The number of urea groups is 1. The third-order valence-electron chi connectivity index (χ3n) is 4.24. The average Bonchev–Trinajstić information content (AvgIpc) is 2.56. The van der Waals surface area contributed by atoms with Crippen molar-refractivity contribution in [1.82, 2.24) is 9.80 Å². The number of anilines is 2. The van der Waals surface area contributed by atoms with E-state index in [9.17, 15) is 14.7 Å². The molecule has 138 valence electrons. The molecule has 3 N–H and O–H groups in total. The molecule has 7 heteroatoms. The van der Waals surface area contributed by atoms with Gasteiger partial charge in [0.05, 0.1) is 6.10 Å². The van der Waals surface area contributed by atoms with Gasteiger partial charge < -0.3 is 20.6 Å². The van der Waals surface area contributed by atoms with Gasteiger partial charge in [-0.05, 0) is 38.1 Å². The number of carbonyl (C=O) groups excluding carboxylic acids is 2. The summed E-state index contributed by atoms with van der Waals surface area (Å²) >= 11 is 0. The molecule has 1 fully saturated rings. The summed E-state index contributed by atoms with van der Waals surface area (Å²) in [4.78, 5) is 27.8. The predicted octanol–water partition coefficient (Wildman–Crippen LogP) is 1.95. The third-order valence-corrected chi connectivity index (χ3v) is 4.24. The molecule has 2 rings (SSSR count). The van der Waals surface area contributed by atoms with Crippen LogP contribution in [0.2, 0.25) is 0 Å². The Bertz CT molecular complexity index is 588. The van der Waals surface area contributed by atoms with Gasteiger partial charge in [0.25, 0.3) is 0 Å². The number of aliphatic hydroxyl groups is 1. The molecule has 0 radical (unpaired) electrons. The van der Waals surface area contributed by atoms with E-state index in [1.165, 1.54) is 0 Å². The van der Waals surface area contributed by atoms with E-state index in [1.54, 1.807) is 38.1 Å². The van der Waals surface area contributed by atoms with Gasteiger partial charge in [0.2, 0.25) is 5.91 Å². The molecule has 25 heavy (non-hydrogen) atoms. The van der Waals surface area contributed by atoms with Crippen LogP contribution in [0.1, 0.15) is 27.2 Å². The van der Waals surface area contributed by atoms with Crippen molar-refractivity contribution < 1.29 is 14.7 Å². The van der Waals surface area contributed by atoms with Crippen LogP contribution >= 0.6 is 0 Å². The summed E-state index contributed by atoms with van der Waals surface area (Å²) in [5, 5.41) is 15.2.